The van der Waals surface area contributed by atoms with Crippen LogP contribution in [0.5, 0.6) is 0 Å². The van der Waals surface area contributed by atoms with Gasteiger partial charge in [0, 0.05) is 60.3 Å². The molecule has 2 atom stereocenters. The van der Waals surface area contributed by atoms with Crippen LogP contribution in [0.3, 0.4) is 0 Å². The first kappa shape index (κ1) is 48.4. The summed E-state index contributed by atoms with van der Waals surface area (Å²) in [5.74, 6) is 0. The van der Waals surface area contributed by atoms with Gasteiger partial charge < -0.3 is 19.1 Å². The lowest BCUT2D eigenvalue weighted by Crippen LogP contribution is -2.62. The number of hydrogen-bond acceptors (Lipinski definition) is 5. The van der Waals surface area contributed by atoms with Crippen LogP contribution in [0.15, 0.2) is 180 Å². The summed E-state index contributed by atoms with van der Waals surface area (Å²) in [5, 5.41) is 4.90. The van der Waals surface area contributed by atoms with Crippen molar-refractivity contribution in [1.82, 2.24) is 0 Å². The molecule has 1 fully saturated rings. The maximum Gasteiger partial charge on any atom is 0.252 e. The van der Waals surface area contributed by atoms with Gasteiger partial charge in [-0.1, -0.05) is 183 Å². The minimum absolute atomic E-state index is 0.0119. The van der Waals surface area contributed by atoms with Crippen LogP contribution in [-0.4, -0.2) is 12.3 Å². The second-order valence-corrected chi connectivity index (χ2v) is 28.0. The smallest absolute Gasteiger partial charge is 0.252 e. The molecule has 4 nitrogen and oxygen atoms in total. The van der Waals surface area contributed by atoms with Crippen LogP contribution in [0.4, 0.5) is 45.5 Å². The lowest BCUT2D eigenvalue weighted by atomic mass is 9.33. The fraction of sp³-hybridized carbons (Fsp3) is 0.270. The van der Waals surface area contributed by atoms with Gasteiger partial charge >= 0.3 is 0 Å². The lowest BCUT2D eigenvalue weighted by Gasteiger charge is -2.51. The number of furan rings is 1. The molecular formula is C74H68BN3OS. The number of para-hydroxylation sites is 2. The van der Waals surface area contributed by atoms with Gasteiger partial charge in [0.05, 0.1) is 32.7 Å². The Morgan fingerprint density at radius 2 is 1.18 bits per heavy atom. The maximum atomic E-state index is 6.85. The zero-order valence-electron chi connectivity index (χ0n) is 47.7. The van der Waals surface area contributed by atoms with Crippen molar-refractivity contribution < 1.29 is 4.42 Å². The van der Waals surface area contributed by atoms with E-state index in [9.17, 15) is 0 Å². The van der Waals surface area contributed by atoms with Gasteiger partial charge in [-0.3, -0.25) is 0 Å². The first-order chi connectivity index (χ1) is 38.5. The summed E-state index contributed by atoms with van der Waals surface area (Å²) in [4.78, 5) is 8.29. The highest BCUT2D eigenvalue weighted by Gasteiger charge is 2.58. The van der Waals surface area contributed by atoms with E-state index in [4.69, 9.17) is 4.42 Å². The van der Waals surface area contributed by atoms with E-state index in [0.717, 1.165) is 53.3 Å². The molecule has 3 aliphatic heterocycles. The molecule has 2 aliphatic carbocycles. The van der Waals surface area contributed by atoms with Crippen LogP contribution in [0.1, 0.15) is 123 Å². The molecule has 9 aromatic carbocycles. The van der Waals surface area contributed by atoms with Crippen LogP contribution in [0.25, 0.3) is 53.2 Å². The summed E-state index contributed by atoms with van der Waals surface area (Å²) in [6, 6.07) is 68.2. The second kappa shape index (κ2) is 16.5. The summed E-state index contributed by atoms with van der Waals surface area (Å²) in [6.07, 6.45) is 6.98. The Balaban J connectivity index is 1.11. The Kier molecular flexibility index (Phi) is 10.0. The Labute approximate surface area is 475 Å². The predicted octanol–water partition coefficient (Wildman–Crippen LogP) is 19.1. The average Bonchev–Trinajstić information content (AvgIpc) is 2.22. The Morgan fingerprint density at radius 1 is 0.500 bits per heavy atom. The summed E-state index contributed by atoms with van der Waals surface area (Å²) in [6.45, 7) is 22.1. The van der Waals surface area contributed by atoms with Crippen molar-refractivity contribution in [2.45, 2.75) is 128 Å². The zero-order valence-corrected chi connectivity index (χ0v) is 48.5. The minimum atomic E-state index is -0.179. The van der Waals surface area contributed by atoms with Crippen LogP contribution in [0, 0.1) is 0 Å². The third-order valence-corrected chi connectivity index (χ3v) is 21.8. The van der Waals surface area contributed by atoms with Gasteiger partial charge in [-0.2, -0.15) is 0 Å². The molecule has 0 N–H and O–H groups in total. The summed E-state index contributed by atoms with van der Waals surface area (Å²) >= 11 is 1.96. The van der Waals surface area contributed by atoms with Gasteiger partial charge in [0.1, 0.15) is 11.2 Å². The molecule has 2 unspecified atom stereocenters. The molecule has 0 amide bonds. The third-order valence-electron chi connectivity index (χ3n) is 20.6. The molecule has 1 saturated carbocycles. The highest BCUT2D eigenvalue weighted by Crippen LogP contribution is 2.63. The predicted molar refractivity (Wildman–Crippen MR) is 343 cm³/mol. The Bertz CT molecular complexity index is 4440. The zero-order chi connectivity index (χ0) is 54.4. The van der Waals surface area contributed by atoms with Crippen molar-refractivity contribution in [1.29, 1.82) is 0 Å². The number of nitrogens with zero attached hydrogens (tertiary/aromatic N) is 3. The van der Waals surface area contributed by atoms with Crippen LogP contribution in [0.2, 0.25) is 0 Å². The van der Waals surface area contributed by atoms with Gasteiger partial charge in [0.25, 0.3) is 6.71 Å². The van der Waals surface area contributed by atoms with Crippen molar-refractivity contribution in [2.24, 2.45) is 0 Å². The summed E-state index contributed by atoms with van der Waals surface area (Å²) in [7, 11) is 0. The van der Waals surface area contributed by atoms with E-state index in [1.807, 2.05) is 11.3 Å². The first-order valence-corrected chi connectivity index (χ1v) is 30.3. The van der Waals surface area contributed by atoms with E-state index in [1.54, 1.807) is 0 Å². The molecule has 5 heterocycles. The number of benzene rings is 9. The first-order valence-electron chi connectivity index (χ1n) is 29.5. The number of anilines is 8. The molecule has 80 heavy (non-hydrogen) atoms. The highest BCUT2D eigenvalue weighted by molar-refractivity contribution is 7.26. The molecule has 6 heteroatoms. The van der Waals surface area contributed by atoms with E-state index in [-0.39, 0.29) is 33.9 Å². The maximum absolute atomic E-state index is 6.85. The normalized spacial score (nSPS) is 20.5. The van der Waals surface area contributed by atoms with Gasteiger partial charge in [-0.25, -0.2) is 0 Å². The standard InChI is InChI=1S/C74H68BN3OS/c1-70(2,3)46-32-35-57(51(40-46)45-22-11-10-12-23-45)77-62-42-47(78-58-27-16-15-26-52(58)73(8)36-19-20-37-74(73,78)9)41-61-67(62)75(55-34-33-49-48-24-14-18-31-65(48)80-69(49)68(55)77)56-43-53-54(72(6,7)39-38-71(53,4)5)44-60(56)76(61)59-28-21-30-64-66(59)50-25-13-17-29-63(50)79-64/h10-18,21-35,40-44H,19-20,36-39H2,1-9H3. The quantitative estimate of drug-likeness (QED) is 0.164. The number of rotatable bonds is 4. The SMILES string of the molecule is CC(C)(C)c1ccc(N2c3cc(N4c5ccccc5C5(C)CCCCC45C)cc4c3B(c3cc5c(cc3N4c3cccc4oc6ccccc6c34)C(C)(C)CCC5(C)C)c3ccc4c(sc5ccccc54)c32)c(-c2ccccc2)c1. The molecule has 5 aliphatic rings. The third kappa shape index (κ3) is 6.51. The summed E-state index contributed by atoms with van der Waals surface area (Å²) in [5.41, 5.74) is 23.7. The van der Waals surface area contributed by atoms with Crippen molar-refractivity contribution in [2.75, 3.05) is 14.7 Å². The average molecular weight is 1060 g/mol. The fourth-order valence-electron chi connectivity index (χ4n) is 16.0. The molecule has 0 radical (unpaired) electrons. The molecule has 0 bridgehead atoms. The van der Waals surface area contributed by atoms with Crippen LogP contribution < -0.4 is 31.1 Å². The molecule has 16 rings (SSSR count). The van der Waals surface area contributed by atoms with E-state index < -0.39 is 0 Å². The fourth-order valence-corrected chi connectivity index (χ4v) is 17.3. The number of fused-ring (bicyclic) bond motifs is 15. The van der Waals surface area contributed by atoms with Gasteiger partial charge in [0.15, 0.2) is 0 Å². The number of thiophene rings is 1. The lowest BCUT2D eigenvalue weighted by molar-refractivity contribution is 0.195. The molecule has 2 aromatic heterocycles. The largest absolute Gasteiger partial charge is 0.456 e. The van der Waals surface area contributed by atoms with Crippen LogP contribution in [-0.2, 0) is 21.7 Å². The van der Waals surface area contributed by atoms with E-state index in [2.05, 4.69) is 253 Å². The van der Waals surface area contributed by atoms with E-state index >= 15 is 0 Å². The van der Waals surface area contributed by atoms with Gasteiger partial charge in [-0.15, -0.1) is 11.3 Å². The second-order valence-electron chi connectivity index (χ2n) is 27.0. The van der Waals surface area contributed by atoms with Crippen molar-refractivity contribution in [3.63, 3.8) is 0 Å². The Morgan fingerprint density at radius 3 is 1.98 bits per heavy atom. The van der Waals surface area contributed by atoms with E-state index in [0.29, 0.717) is 0 Å². The van der Waals surface area contributed by atoms with E-state index in [1.165, 1.54) is 123 Å². The molecular weight excluding hydrogens is 990 g/mol. The molecule has 394 valence electrons. The van der Waals surface area contributed by atoms with Crippen molar-refractivity contribution in [3.8, 4) is 11.1 Å². The van der Waals surface area contributed by atoms with Crippen molar-refractivity contribution in [3.05, 3.63) is 198 Å². The monoisotopic (exact) mass is 1060 g/mol. The molecule has 0 spiro atoms. The minimum Gasteiger partial charge on any atom is -0.456 e. The van der Waals surface area contributed by atoms with Gasteiger partial charge in [0.2, 0.25) is 0 Å². The van der Waals surface area contributed by atoms with Gasteiger partial charge in [-0.05, 0) is 154 Å². The molecule has 11 aromatic rings. The number of hydrogen-bond donors (Lipinski definition) is 0. The topological polar surface area (TPSA) is 22.9 Å². The highest BCUT2D eigenvalue weighted by atomic mass is 32.1. The Hall–Kier alpha value is -7.54. The van der Waals surface area contributed by atoms with Crippen molar-refractivity contribution >= 4 is 122 Å². The molecule has 0 saturated heterocycles. The summed E-state index contributed by atoms with van der Waals surface area (Å²) < 4.78 is 9.49. The van der Waals surface area contributed by atoms with Crippen LogP contribution >= 0.6 is 11.3 Å².